The van der Waals surface area contributed by atoms with E-state index in [0.29, 0.717) is 62.6 Å². The Labute approximate surface area is 212 Å². The number of hydrogen-bond donors (Lipinski definition) is 2. The van der Waals surface area contributed by atoms with Gasteiger partial charge in [0.2, 0.25) is 0 Å². The van der Waals surface area contributed by atoms with Crippen LogP contribution in [-0.4, -0.2) is 48.8 Å². The number of aryl methyl sites for hydroxylation is 1. The molecule has 0 spiro atoms. The molecule has 1 atom stereocenters. The summed E-state index contributed by atoms with van der Waals surface area (Å²) in [5, 5.41) is 15.2. The van der Waals surface area contributed by atoms with Crippen molar-refractivity contribution in [3.05, 3.63) is 41.2 Å². The molecule has 14 heteroatoms. The molecule has 37 heavy (non-hydrogen) atoms. The van der Waals surface area contributed by atoms with Crippen molar-refractivity contribution >= 4 is 25.6 Å². The maximum absolute atomic E-state index is 13.6. The van der Waals surface area contributed by atoms with E-state index >= 15 is 0 Å². The molecule has 0 unspecified atom stereocenters. The van der Waals surface area contributed by atoms with Crippen LogP contribution in [0.3, 0.4) is 0 Å². The van der Waals surface area contributed by atoms with Gasteiger partial charge in [0.05, 0.1) is 39.8 Å². The molecule has 0 radical (unpaired) electrons. The van der Waals surface area contributed by atoms with Crippen LogP contribution >= 0.6 is 0 Å². The zero-order chi connectivity index (χ0) is 27.0. The minimum atomic E-state index is -4.93. The van der Waals surface area contributed by atoms with E-state index in [2.05, 4.69) is 10.4 Å². The topological polar surface area (TPSA) is 135 Å². The Morgan fingerprint density at radius 3 is 2.38 bits per heavy atom. The molecule has 2 aliphatic carbocycles. The monoisotopic (exact) mass is 563 g/mol. The summed E-state index contributed by atoms with van der Waals surface area (Å²) in [6.45, 7) is 0.165. The molecule has 0 bridgehead atoms. The maximum atomic E-state index is 13.6. The largest absolute Gasteiger partial charge is 0.481 e. The zero-order valence-corrected chi connectivity index (χ0v) is 21.5. The highest BCUT2D eigenvalue weighted by molar-refractivity contribution is 7.92. The normalized spacial score (nSPS) is 19.2. The summed E-state index contributed by atoms with van der Waals surface area (Å²) in [4.78, 5) is 9.55. The number of carboxylic acid groups (broad SMARTS) is 1. The quantitative estimate of drug-likeness (QED) is 0.473. The van der Waals surface area contributed by atoms with Crippen molar-refractivity contribution in [1.29, 1.82) is 0 Å². The van der Waals surface area contributed by atoms with Crippen LogP contribution < -0.4 is 5.32 Å². The molecular formula is C23H28F3N3O6S2. The van der Waals surface area contributed by atoms with Crippen molar-refractivity contribution in [2.45, 2.75) is 85.2 Å². The number of halogens is 3. The first-order valence-corrected chi connectivity index (χ1v) is 15.2. The molecule has 1 saturated carbocycles. The number of rotatable bonds is 9. The van der Waals surface area contributed by atoms with Gasteiger partial charge >= 0.3 is 12.1 Å². The van der Waals surface area contributed by atoms with E-state index in [1.54, 1.807) is 4.68 Å². The van der Waals surface area contributed by atoms with Gasteiger partial charge in [-0.3, -0.25) is 14.8 Å². The lowest BCUT2D eigenvalue weighted by atomic mass is 9.93. The van der Waals surface area contributed by atoms with E-state index in [1.807, 2.05) is 0 Å². The van der Waals surface area contributed by atoms with Gasteiger partial charge in [0, 0.05) is 17.3 Å². The Kier molecular flexibility index (Phi) is 7.73. The summed E-state index contributed by atoms with van der Waals surface area (Å²) < 4.78 is 94.7. The van der Waals surface area contributed by atoms with Crippen LogP contribution in [0.2, 0.25) is 0 Å². The molecule has 1 aromatic heterocycles. The molecule has 2 aromatic rings. The van der Waals surface area contributed by atoms with Crippen molar-refractivity contribution in [1.82, 2.24) is 15.1 Å². The van der Waals surface area contributed by atoms with Gasteiger partial charge in [-0.25, -0.2) is 16.8 Å². The van der Waals surface area contributed by atoms with Crippen molar-refractivity contribution in [2.24, 2.45) is 0 Å². The van der Waals surface area contributed by atoms with Gasteiger partial charge in [-0.2, -0.15) is 18.3 Å². The molecule has 9 nitrogen and oxygen atoms in total. The molecule has 1 aromatic carbocycles. The molecule has 204 valence electrons. The van der Waals surface area contributed by atoms with E-state index in [4.69, 9.17) is 5.11 Å². The average Bonchev–Trinajstić information content (AvgIpc) is 3.51. The van der Waals surface area contributed by atoms with Gasteiger partial charge in [-0.05, 0) is 50.3 Å². The number of nitrogens with one attached hydrogen (secondary N) is 1. The number of nitrogens with zero attached hydrogens (tertiary/aromatic N) is 2. The third kappa shape index (κ3) is 6.01. The van der Waals surface area contributed by atoms with E-state index in [9.17, 15) is 34.8 Å². The lowest BCUT2D eigenvalue weighted by Gasteiger charge is -2.24. The van der Waals surface area contributed by atoms with E-state index < -0.39 is 64.3 Å². The average molecular weight is 564 g/mol. The smallest absolute Gasteiger partial charge is 0.416 e. The first-order valence-electron chi connectivity index (χ1n) is 12.0. The first kappa shape index (κ1) is 27.6. The van der Waals surface area contributed by atoms with Gasteiger partial charge in [0.1, 0.15) is 5.88 Å². The van der Waals surface area contributed by atoms with Gasteiger partial charge in [0.25, 0.3) is 0 Å². The molecule has 1 heterocycles. The van der Waals surface area contributed by atoms with Crippen LogP contribution in [0.4, 0.5) is 13.2 Å². The van der Waals surface area contributed by atoms with Crippen LogP contribution in [0.1, 0.15) is 67.8 Å². The number of sulfone groups is 2. The predicted octanol–water partition coefficient (Wildman–Crippen LogP) is 3.49. The predicted molar refractivity (Wildman–Crippen MR) is 126 cm³/mol. The van der Waals surface area contributed by atoms with E-state index in [-0.39, 0.29) is 13.0 Å². The van der Waals surface area contributed by atoms with Crippen molar-refractivity contribution < 1.29 is 39.9 Å². The van der Waals surface area contributed by atoms with Crippen LogP contribution in [0.5, 0.6) is 0 Å². The van der Waals surface area contributed by atoms with Gasteiger partial charge < -0.3 is 5.11 Å². The second-order valence-electron chi connectivity index (χ2n) is 9.46. The summed E-state index contributed by atoms with van der Waals surface area (Å²) in [5.74, 6) is -1.68. The Hall–Kier alpha value is -2.45. The van der Waals surface area contributed by atoms with Crippen molar-refractivity contribution in [2.75, 3.05) is 5.88 Å². The number of alkyl halides is 3. The molecule has 0 saturated heterocycles. The zero-order valence-electron chi connectivity index (χ0n) is 19.9. The van der Waals surface area contributed by atoms with Crippen LogP contribution in [-0.2, 0) is 43.6 Å². The van der Waals surface area contributed by atoms with Crippen LogP contribution in [0.15, 0.2) is 34.2 Å². The summed E-state index contributed by atoms with van der Waals surface area (Å²) in [5.41, 5.74) is 0.164. The minimum absolute atomic E-state index is 0.123. The van der Waals surface area contributed by atoms with E-state index in [0.717, 1.165) is 11.8 Å². The number of aromatic nitrogens is 2. The fraction of sp³-hybridized carbons (Fsp3) is 0.565. The Balaban J connectivity index is 1.60. The summed E-state index contributed by atoms with van der Waals surface area (Å²) in [7, 11) is -8.47. The van der Waals surface area contributed by atoms with Crippen LogP contribution in [0.25, 0.3) is 0 Å². The highest BCUT2D eigenvalue weighted by Crippen LogP contribution is 2.36. The number of carboxylic acids is 1. The second-order valence-corrected chi connectivity index (χ2v) is 13.7. The Bertz CT molecular complexity index is 1380. The number of carbonyl (C=O) groups is 1. The number of hydrogen-bond acceptors (Lipinski definition) is 7. The second kappa shape index (κ2) is 10.4. The summed E-state index contributed by atoms with van der Waals surface area (Å²) in [6.07, 6.45) is 0.298. The summed E-state index contributed by atoms with van der Waals surface area (Å²) >= 11 is 0. The van der Waals surface area contributed by atoms with Gasteiger partial charge in [-0.1, -0.05) is 12.8 Å². The Morgan fingerprint density at radius 2 is 1.73 bits per heavy atom. The lowest BCUT2D eigenvalue weighted by molar-refractivity contribution is -0.138. The third-order valence-electron chi connectivity index (χ3n) is 6.96. The first-order chi connectivity index (χ1) is 17.3. The number of aliphatic carboxylic acids is 1. The maximum Gasteiger partial charge on any atom is 0.416 e. The van der Waals surface area contributed by atoms with Crippen LogP contribution in [0, 0.1) is 0 Å². The molecular weight excluding hydrogens is 535 g/mol. The SMILES string of the molecule is O=C(O)CCn1ncc2c1CCC[C@H]2NCS(=O)(=O)c1cc(C(F)(F)F)cc(S(=O)(=O)C2CCCC2)c1. The summed E-state index contributed by atoms with van der Waals surface area (Å²) in [6, 6.07) is 1.36. The highest BCUT2D eigenvalue weighted by Gasteiger charge is 2.37. The van der Waals surface area contributed by atoms with Crippen molar-refractivity contribution in [3.8, 4) is 0 Å². The number of benzene rings is 1. The molecule has 0 amide bonds. The highest BCUT2D eigenvalue weighted by atomic mass is 32.2. The Morgan fingerprint density at radius 1 is 1.05 bits per heavy atom. The van der Waals surface area contributed by atoms with E-state index in [1.165, 1.54) is 6.20 Å². The standard InChI is InChI=1S/C23H28F3N3O6S2/c24-23(25,26)15-10-17(12-18(11-15)37(34,35)16-4-1-2-5-16)36(32,33)14-27-20-6-3-7-21-19(20)13-28-29(21)9-8-22(30)31/h10-13,16,20,27H,1-9,14H2,(H,30,31)/t20-/m1/s1. The fourth-order valence-electron chi connectivity index (χ4n) is 4.99. The number of fused-ring (bicyclic) bond motifs is 1. The molecule has 4 rings (SSSR count). The van der Waals surface area contributed by atoms with Gasteiger partial charge in [0.15, 0.2) is 19.7 Å². The minimum Gasteiger partial charge on any atom is -0.481 e. The van der Waals surface area contributed by atoms with Gasteiger partial charge in [-0.15, -0.1) is 0 Å². The molecule has 2 N–H and O–H groups in total. The molecule has 1 fully saturated rings. The van der Waals surface area contributed by atoms with Crippen molar-refractivity contribution in [3.63, 3.8) is 0 Å². The third-order valence-corrected chi connectivity index (χ3v) is 10.7. The fourth-order valence-corrected chi connectivity index (χ4v) is 8.19. The molecule has 2 aliphatic rings. The molecule has 0 aliphatic heterocycles. The lowest BCUT2D eigenvalue weighted by Crippen LogP contribution is -2.30.